The Kier molecular flexibility index (Phi) is 3.12. The first kappa shape index (κ1) is 13.6. The minimum Gasteiger partial charge on any atom is -0.423 e. The van der Waals surface area contributed by atoms with Crippen LogP contribution in [0, 0.1) is 0 Å². The first-order valence-corrected chi connectivity index (χ1v) is 7.51. The number of hydrogen-bond donors (Lipinski definition) is 2. The monoisotopic (exact) mass is 284 g/mol. The predicted octanol–water partition coefficient (Wildman–Crippen LogP) is 3.03. The molecule has 0 unspecified atom stereocenters. The fourth-order valence-electron chi connectivity index (χ4n) is 2.53. The summed E-state index contributed by atoms with van der Waals surface area (Å²) in [5.41, 5.74) is 1.99. The lowest BCUT2D eigenvalue weighted by molar-refractivity contribution is 0.426. The third-order valence-electron chi connectivity index (χ3n) is 3.67. The van der Waals surface area contributed by atoms with Crippen molar-refractivity contribution < 1.29 is 10.0 Å². The Morgan fingerprint density at radius 1 is 1.00 bits per heavy atom. The quantitative estimate of drug-likeness (QED) is 0.674. The van der Waals surface area contributed by atoms with Crippen molar-refractivity contribution >= 4 is 44.1 Å². The van der Waals surface area contributed by atoms with Crippen molar-refractivity contribution in [2.45, 2.75) is 26.2 Å². The third-order valence-corrected chi connectivity index (χ3v) is 4.79. The molecule has 2 N–H and O–H groups in total. The van der Waals surface area contributed by atoms with E-state index in [0.29, 0.717) is 5.46 Å². The minimum absolute atomic E-state index is 0.115. The Hall–Kier alpha value is -1.36. The van der Waals surface area contributed by atoms with Crippen LogP contribution in [-0.2, 0) is 5.41 Å². The maximum absolute atomic E-state index is 9.54. The van der Waals surface area contributed by atoms with Crippen LogP contribution in [0.25, 0.3) is 20.2 Å². The molecule has 1 heterocycles. The molecule has 4 heteroatoms. The van der Waals surface area contributed by atoms with Crippen LogP contribution in [0.1, 0.15) is 26.3 Å². The summed E-state index contributed by atoms with van der Waals surface area (Å²) < 4.78 is 2.29. The molecule has 3 aromatic rings. The molecule has 20 heavy (non-hydrogen) atoms. The molecule has 3 rings (SSSR count). The highest BCUT2D eigenvalue weighted by Crippen LogP contribution is 2.35. The smallest absolute Gasteiger partial charge is 0.423 e. The van der Waals surface area contributed by atoms with Gasteiger partial charge in [-0.25, -0.2) is 0 Å². The SMILES string of the molecule is CC(C)(C)c1ccc2c(c1)sc1cccc(B(O)O)c12. The lowest BCUT2D eigenvalue weighted by Crippen LogP contribution is -2.30. The molecule has 1 aromatic heterocycles. The van der Waals surface area contributed by atoms with E-state index in [-0.39, 0.29) is 5.41 Å². The van der Waals surface area contributed by atoms with Crippen molar-refractivity contribution in [2.75, 3.05) is 0 Å². The summed E-state index contributed by atoms with van der Waals surface area (Å²) in [6, 6.07) is 12.1. The molecule has 2 aromatic carbocycles. The second-order valence-corrected chi connectivity index (χ2v) is 7.24. The number of rotatable bonds is 1. The van der Waals surface area contributed by atoms with Crippen LogP contribution in [-0.4, -0.2) is 17.2 Å². The molecular formula is C16H17BO2S. The molecule has 102 valence electrons. The second-order valence-electron chi connectivity index (χ2n) is 6.16. The van der Waals surface area contributed by atoms with Gasteiger partial charge in [-0.1, -0.05) is 45.0 Å². The standard InChI is InChI=1S/C16H17BO2S/c1-16(2,3)10-7-8-11-14(9-10)20-13-6-4-5-12(15(11)13)17(18)19/h4-9,18-19H,1-3H3. The second kappa shape index (κ2) is 4.59. The maximum Gasteiger partial charge on any atom is 0.489 e. The van der Waals surface area contributed by atoms with E-state index < -0.39 is 7.12 Å². The van der Waals surface area contributed by atoms with E-state index in [1.165, 1.54) is 10.3 Å². The molecule has 0 bridgehead atoms. The number of benzene rings is 2. The summed E-state index contributed by atoms with van der Waals surface area (Å²) in [6.07, 6.45) is 0. The van der Waals surface area contributed by atoms with Gasteiger partial charge >= 0.3 is 7.12 Å². The molecule has 0 aliphatic heterocycles. The van der Waals surface area contributed by atoms with Crippen molar-refractivity contribution in [1.29, 1.82) is 0 Å². The highest BCUT2D eigenvalue weighted by molar-refractivity contribution is 7.26. The van der Waals surface area contributed by atoms with E-state index in [0.717, 1.165) is 15.5 Å². The van der Waals surface area contributed by atoms with Gasteiger partial charge in [0, 0.05) is 14.8 Å². The largest absolute Gasteiger partial charge is 0.489 e. The Labute approximate surface area is 122 Å². The van der Waals surface area contributed by atoms with Gasteiger partial charge < -0.3 is 10.0 Å². The van der Waals surface area contributed by atoms with Crippen LogP contribution >= 0.6 is 11.3 Å². The van der Waals surface area contributed by atoms with Gasteiger partial charge in [0.05, 0.1) is 0 Å². The summed E-state index contributed by atoms with van der Waals surface area (Å²) in [7, 11) is -1.43. The van der Waals surface area contributed by atoms with E-state index in [2.05, 4.69) is 39.0 Å². The van der Waals surface area contributed by atoms with Crippen molar-refractivity contribution in [3.05, 3.63) is 42.0 Å². The molecule has 0 saturated carbocycles. The van der Waals surface area contributed by atoms with Crippen LogP contribution in [0.2, 0.25) is 0 Å². The highest BCUT2D eigenvalue weighted by atomic mass is 32.1. The zero-order valence-electron chi connectivity index (χ0n) is 11.8. The average Bonchev–Trinajstić information content (AvgIpc) is 2.74. The van der Waals surface area contributed by atoms with Crippen LogP contribution in [0.4, 0.5) is 0 Å². The third kappa shape index (κ3) is 2.14. The molecule has 0 radical (unpaired) electrons. The molecule has 0 fully saturated rings. The van der Waals surface area contributed by atoms with Crippen molar-refractivity contribution in [1.82, 2.24) is 0 Å². The van der Waals surface area contributed by atoms with E-state index in [9.17, 15) is 10.0 Å². The highest BCUT2D eigenvalue weighted by Gasteiger charge is 2.19. The van der Waals surface area contributed by atoms with Crippen LogP contribution in [0.15, 0.2) is 36.4 Å². The van der Waals surface area contributed by atoms with Crippen LogP contribution in [0.3, 0.4) is 0 Å². The molecule has 0 saturated heterocycles. The van der Waals surface area contributed by atoms with Gasteiger partial charge in [0.1, 0.15) is 0 Å². The van der Waals surface area contributed by atoms with Crippen molar-refractivity contribution in [3.63, 3.8) is 0 Å². The van der Waals surface area contributed by atoms with Gasteiger partial charge in [-0.15, -0.1) is 11.3 Å². The average molecular weight is 284 g/mol. The molecule has 0 aliphatic carbocycles. The summed E-state index contributed by atoms with van der Waals surface area (Å²) in [6.45, 7) is 6.60. The topological polar surface area (TPSA) is 40.5 Å². The molecular weight excluding hydrogens is 267 g/mol. The van der Waals surface area contributed by atoms with Gasteiger partial charge in [0.15, 0.2) is 0 Å². The number of thiophene rings is 1. The van der Waals surface area contributed by atoms with Gasteiger partial charge in [-0.3, -0.25) is 0 Å². The van der Waals surface area contributed by atoms with E-state index in [1.807, 2.05) is 12.1 Å². The molecule has 0 atom stereocenters. The van der Waals surface area contributed by atoms with Gasteiger partial charge in [0.2, 0.25) is 0 Å². The van der Waals surface area contributed by atoms with Crippen molar-refractivity contribution in [2.24, 2.45) is 0 Å². The first-order chi connectivity index (χ1) is 9.38. The Balaban J connectivity index is 2.35. The fraction of sp³-hybridized carbons (Fsp3) is 0.250. The molecule has 2 nitrogen and oxygen atoms in total. The van der Waals surface area contributed by atoms with Crippen LogP contribution < -0.4 is 5.46 Å². The Morgan fingerprint density at radius 3 is 2.40 bits per heavy atom. The van der Waals surface area contributed by atoms with Gasteiger partial charge in [-0.05, 0) is 34.0 Å². The van der Waals surface area contributed by atoms with Gasteiger partial charge in [-0.2, -0.15) is 0 Å². The Bertz CT molecular complexity index is 784. The van der Waals surface area contributed by atoms with E-state index in [1.54, 1.807) is 17.4 Å². The normalized spacial score (nSPS) is 12.2. The Morgan fingerprint density at radius 2 is 1.75 bits per heavy atom. The predicted molar refractivity (Wildman–Crippen MR) is 87.9 cm³/mol. The molecule has 0 amide bonds. The lowest BCUT2D eigenvalue weighted by Gasteiger charge is -2.18. The zero-order valence-corrected chi connectivity index (χ0v) is 12.7. The zero-order chi connectivity index (χ0) is 14.5. The van der Waals surface area contributed by atoms with E-state index in [4.69, 9.17) is 0 Å². The molecule has 0 aliphatic rings. The van der Waals surface area contributed by atoms with Crippen molar-refractivity contribution in [3.8, 4) is 0 Å². The first-order valence-electron chi connectivity index (χ1n) is 6.70. The fourth-order valence-corrected chi connectivity index (χ4v) is 3.71. The summed E-state index contributed by atoms with van der Waals surface area (Å²) in [5, 5.41) is 21.1. The molecule has 0 spiro atoms. The maximum atomic E-state index is 9.54. The minimum atomic E-state index is -1.43. The van der Waals surface area contributed by atoms with E-state index >= 15 is 0 Å². The lowest BCUT2D eigenvalue weighted by atomic mass is 9.77. The van der Waals surface area contributed by atoms with Gasteiger partial charge in [0.25, 0.3) is 0 Å². The van der Waals surface area contributed by atoms with Crippen LogP contribution in [0.5, 0.6) is 0 Å². The number of fused-ring (bicyclic) bond motifs is 3. The summed E-state index contributed by atoms with van der Waals surface area (Å²) in [4.78, 5) is 0. The number of hydrogen-bond acceptors (Lipinski definition) is 3. The summed E-state index contributed by atoms with van der Waals surface area (Å²) >= 11 is 1.70. The summed E-state index contributed by atoms with van der Waals surface area (Å²) in [5.74, 6) is 0.